The summed E-state index contributed by atoms with van der Waals surface area (Å²) in [6.07, 6.45) is 2.82. The van der Waals surface area contributed by atoms with Crippen LogP contribution in [-0.4, -0.2) is 67.4 Å². The Morgan fingerprint density at radius 3 is 2.23 bits per heavy atom. The number of hydrogen-bond donors (Lipinski definition) is 1. The van der Waals surface area contributed by atoms with Crippen molar-refractivity contribution in [3.05, 3.63) is 45.4 Å². The van der Waals surface area contributed by atoms with E-state index in [0.29, 0.717) is 6.54 Å². The van der Waals surface area contributed by atoms with Crippen LogP contribution in [0.2, 0.25) is 0 Å². The van der Waals surface area contributed by atoms with Crippen LogP contribution in [0.1, 0.15) is 23.6 Å². The lowest BCUT2D eigenvalue weighted by Gasteiger charge is -2.29. The van der Waals surface area contributed by atoms with Gasteiger partial charge in [-0.05, 0) is 50.3 Å². The Kier molecular flexibility index (Phi) is 8.65. The van der Waals surface area contributed by atoms with Gasteiger partial charge in [0.15, 0.2) is 0 Å². The van der Waals surface area contributed by atoms with Gasteiger partial charge in [-0.15, -0.1) is 0 Å². The lowest BCUT2D eigenvalue weighted by Crippen LogP contribution is -2.36. The summed E-state index contributed by atoms with van der Waals surface area (Å²) in [5.41, 5.74) is 5.28. The molecule has 0 radical (unpaired) electrons. The molecule has 0 spiro atoms. The summed E-state index contributed by atoms with van der Waals surface area (Å²) in [6, 6.07) is 4.13. The summed E-state index contributed by atoms with van der Waals surface area (Å²) in [4.78, 5) is 25.5. The first-order valence-corrected chi connectivity index (χ1v) is 10.2. The highest BCUT2D eigenvalue weighted by molar-refractivity contribution is 5.72. The highest BCUT2D eigenvalue weighted by atomic mass is 16.5. The zero-order valence-corrected chi connectivity index (χ0v) is 19.3. The molecule has 0 saturated carbocycles. The fraction of sp³-hybridized carbons (Fsp3) is 0.478. The quantitative estimate of drug-likeness (QED) is 0.702. The largest absolute Gasteiger partial charge is 0.496 e. The first-order chi connectivity index (χ1) is 14.8. The molecule has 0 fully saturated rings. The number of ether oxygens (including phenoxy) is 2. The van der Waals surface area contributed by atoms with Gasteiger partial charge in [0.2, 0.25) is 0 Å². The van der Waals surface area contributed by atoms with Crippen LogP contribution in [0.4, 0.5) is 0 Å². The molecule has 0 saturated heterocycles. The van der Waals surface area contributed by atoms with Crippen molar-refractivity contribution >= 4 is 6.47 Å². The van der Waals surface area contributed by atoms with Crippen LogP contribution >= 0.6 is 0 Å². The average molecular weight is 432 g/mol. The molecular weight excluding hydrogens is 398 g/mol. The Bertz CT molecular complexity index is 943. The van der Waals surface area contributed by atoms with E-state index in [1.54, 1.807) is 18.8 Å². The number of carboxylic acid groups (broad SMARTS) is 1. The van der Waals surface area contributed by atoms with E-state index in [9.17, 15) is 4.79 Å². The minimum Gasteiger partial charge on any atom is -0.496 e. The van der Waals surface area contributed by atoms with Crippen molar-refractivity contribution in [3.63, 3.8) is 0 Å². The lowest BCUT2D eigenvalue weighted by molar-refractivity contribution is -0.122. The molecular formula is C23H33N3O5. The second-order valence-electron chi connectivity index (χ2n) is 7.74. The number of aryl methyl sites for hydroxylation is 1. The number of nitrogens with zero attached hydrogens (tertiary/aromatic N) is 3. The summed E-state index contributed by atoms with van der Waals surface area (Å²) in [6.45, 7) is 5.24. The van der Waals surface area contributed by atoms with Gasteiger partial charge in [-0.1, -0.05) is 6.92 Å². The van der Waals surface area contributed by atoms with Crippen LogP contribution in [0.25, 0.3) is 11.1 Å². The molecule has 2 aromatic rings. The topological polar surface area (TPSA) is 84.2 Å². The van der Waals surface area contributed by atoms with Crippen molar-refractivity contribution < 1.29 is 19.4 Å². The molecule has 1 aromatic carbocycles. The third-order valence-corrected chi connectivity index (χ3v) is 5.49. The number of carbonyl (C=O) groups is 1. The fourth-order valence-electron chi connectivity index (χ4n) is 3.99. The molecule has 3 rings (SSSR count). The van der Waals surface area contributed by atoms with Gasteiger partial charge >= 0.3 is 0 Å². The molecule has 0 unspecified atom stereocenters. The van der Waals surface area contributed by atoms with E-state index in [4.69, 9.17) is 19.4 Å². The van der Waals surface area contributed by atoms with Crippen molar-refractivity contribution in [2.75, 3.05) is 41.4 Å². The minimum atomic E-state index is -0.250. The lowest BCUT2D eigenvalue weighted by atomic mass is 9.91. The number of rotatable bonds is 6. The van der Waals surface area contributed by atoms with Crippen molar-refractivity contribution in [2.45, 2.75) is 26.4 Å². The molecule has 170 valence electrons. The molecule has 8 heteroatoms. The van der Waals surface area contributed by atoms with E-state index in [0.717, 1.165) is 65.4 Å². The van der Waals surface area contributed by atoms with Crippen LogP contribution < -0.4 is 15.0 Å². The standard InChI is InChI=1S/C22H31N3O3.CH2O2/c1-7-25-9-8-16-17(13-24(4)22(26)18(16)14-25)15-10-20(27-5)19(12-23(2)3)21(11-15)28-6;2-1-3/h10-11,13H,7-9,12,14H2,1-6H3;1H,(H,2,3). The van der Waals surface area contributed by atoms with E-state index >= 15 is 0 Å². The molecule has 2 heterocycles. The fourth-order valence-corrected chi connectivity index (χ4v) is 3.99. The third-order valence-electron chi connectivity index (χ3n) is 5.49. The van der Waals surface area contributed by atoms with Gasteiger partial charge in [-0.2, -0.15) is 0 Å². The van der Waals surface area contributed by atoms with Crippen LogP contribution in [0.3, 0.4) is 0 Å². The molecule has 31 heavy (non-hydrogen) atoms. The summed E-state index contributed by atoms with van der Waals surface area (Å²) >= 11 is 0. The number of benzene rings is 1. The molecule has 0 bridgehead atoms. The highest BCUT2D eigenvalue weighted by Crippen LogP contribution is 2.37. The second-order valence-corrected chi connectivity index (χ2v) is 7.74. The first kappa shape index (κ1) is 24.4. The first-order valence-electron chi connectivity index (χ1n) is 10.2. The van der Waals surface area contributed by atoms with Gasteiger partial charge in [-0.3, -0.25) is 14.5 Å². The van der Waals surface area contributed by atoms with Crippen LogP contribution in [-0.2, 0) is 31.4 Å². The average Bonchev–Trinajstić information content (AvgIpc) is 2.76. The molecule has 0 aliphatic carbocycles. The molecule has 1 aromatic heterocycles. The van der Waals surface area contributed by atoms with Gasteiger partial charge in [0.1, 0.15) is 11.5 Å². The maximum absolute atomic E-state index is 12.8. The number of aromatic nitrogens is 1. The Morgan fingerprint density at radius 2 is 1.74 bits per heavy atom. The van der Waals surface area contributed by atoms with Gasteiger partial charge in [0.25, 0.3) is 12.0 Å². The molecule has 0 amide bonds. The monoisotopic (exact) mass is 431 g/mol. The van der Waals surface area contributed by atoms with E-state index in [2.05, 4.69) is 28.9 Å². The maximum Gasteiger partial charge on any atom is 0.290 e. The summed E-state index contributed by atoms with van der Waals surface area (Å²) < 4.78 is 13.1. The predicted molar refractivity (Wildman–Crippen MR) is 121 cm³/mol. The van der Waals surface area contributed by atoms with Gasteiger partial charge in [0.05, 0.1) is 19.8 Å². The van der Waals surface area contributed by atoms with E-state index in [-0.39, 0.29) is 12.0 Å². The normalized spacial score (nSPS) is 13.3. The van der Waals surface area contributed by atoms with Gasteiger partial charge < -0.3 is 24.0 Å². The van der Waals surface area contributed by atoms with Crippen molar-refractivity contribution in [2.24, 2.45) is 7.05 Å². The van der Waals surface area contributed by atoms with E-state index < -0.39 is 0 Å². The van der Waals surface area contributed by atoms with Gasteiger partial charge in [-0.25, -0.2) is 0 Å². The number of hydrogen-bond acceptors (Lipinski definition) is 6. The molecule has 1 aliphatic heterocycles. The maximum atomic E-state index is 12.8. The Hall–Kier alpha value is -2.84. The number of methoxy groups -OCH3 is 2. The van der Waals surface area contributed by atoms with Crippen molar-refractivity contribution in [3.8, 4) is 22.6 Å². The summed E-state index contributed by atoms with van der Waals surface area (Å²) in [5.74, 6) is 1.60. The third kappa shape index (κ3) is 5.45. The van der Waals surface area contributed by atoms with E-state index in [1.165, 1.54) is 0 Å². The molecule has 0 atom stereocenters. The Labute approximate surface area is 183 Å². The minimum absolute atomic E-state index is 0.0973. The Balaban J connectivity index is 0.00000107. The summed E-state index contributed by atoms with van der Waals surface area (Å²) in [7, 11) is 9.25. The molecule has 8 nitrogen and oxygen atoms in total. The van der Waals surface area contributed by atoms with Crippen LogP contribution in [0, 0.1) is 0 Å². The smallest absolute Gasteiger partial charge is 0.290 e. The predicted octanol–water partition coefficient (Wildman–Crippen LogP) is 2.21. The van der Waals surface area contributed by atoms with Crippen molar-refractivity contribution in [1.29, 1.82) is 0 Å². The van der Waals surface area contributed by atoms with Crippen LogP contribution in [0.15, 0.2) is 23.1 Å². The Morgan fingerprint density at radius 1 is 1.16 bits per heavy atom. The number of likely N-dealkylation sites (N-methyl/N-ethyl adjacent to an activating group) is 1. The number of pyridine rings is 1. The van der Waals surface area contributed by atoms with E-state index in [1.807, 2.05) is 27.3 Å². The molecule has 1 aliphatic rings. The summed E-state index contributed by atoms with van der Waals surface area (Å²) in [5, 5.41) is 6.89. The second kappa shape index (κ2) is 11.0. The van der Waals surface area contributed by atoms with Crippen LogP contribution in [0.5, 0.6) is 11.5 Å². The zero-order chi connectivity index (χ0) is 23.1. The molecule has 1 N–H and O–H groups in total. The number of fused-ring (bicyclic) bond motifs is 1. The SMILES string of the molecule is CCN1CCc2c(-c3cc(OC)c(CN(C)C)c(OC)c3)cn(C)c(=O)c2C1.O=CO. The highest BCUT2D eigenvalue weighted by Gasteiger charge is 2.24. The zero-order valence-electron chi connectivity index (χ0n) is 19.3. The van der Waals surface area contributed by atoms with Crippen molar-refractivity contribution in [1.82, 2.24) is 14.4 Å². The van der Waals surface area contributed by atoms with Gasteiger partial charge in [0, 0.05) is 44.0 Å².